The highest BCUT2D eigenvalue weighted by Crippen LogP contribution is 2.02. The van der Waals surface area contributed by atoms with Gasteiger partial charge in [0.15, 0.2) is 0 Å². The van der Waals surface area contributed by atoms with E-state index in [1.54, 1.807) is 0 Å². The van der Waals surface area contributed by atoms with Gasteiger partial charge in [-0.2, -0.15) is 0 Å². The Morgan fingerprint density at radius 3 is 2.00 bits per heavy atom. The molecule has 0 aromatic heterocycles. The van der Waals surface area contributed by atoms with Crippen LogP contribution in [0.25, 0.3) is 0 Å². The summed E-state index contributed by atoms with van der Waals surface area (Å²) in [6.45, 7) is 7.35. The van der Waals surface area contributed by atoms with Crippen molar-refractivity contribution in [2.75, 3.05) is 7.05 Å². The van der Waals surface area contributed by atoms with Crippen molar-refractivity contribution >= 4 is 12.0 Å². The first kappa shape index (κ1) is 13.7. The molecular formula is C10H20N2O3. The van der Waals surface area contributed by atoms with Gasteiger partial charge in [-0.25, -0.2) is 9.59 Å². The predicted octanol–water partition coefficient (Wildman–Crippen LogP) is 1.15. The fourth-order valence-electron chi connectivity index (χ4n) is 0.805. The molecule has 0 aliphatic rings. The minimum absolute atomic E-state index is 0.0287. The molecule has 0 rings (SSSR count). The summed E-state index contributed by atoms with van der Waals surface area (Å²) in [4.78, 5) is 23.4. The maximum Gasteiger partial charge on any atom is 0.326 e. The van der Waals surface area contributed by atoms with Gasteiger partial charge in [-0.1, -0.05) is 13.8 Å². The zero-order valence-corrected chi connectivity index (χ0v) is 9.94. The molecule has 5 nitrogen and oxygen atoms in total. The van der Waals surface area contributed by atoms with Crippen molar-refractivity contribution in [3.8, 4) is 0 Å². The van der Waals surface area contributed by atoms with Gasteiger partial charge in [0.2, 0.25) is 0 Å². The van der Waals surface area contributed by atoms with Gasteiger partial charge in [0.05, 0.1) is 0 Å². The average Bonchev–Trinajstić information content (AvgIpc) is 2.14. The summed E-state index contributed by atoms with van der Waals surface area (Å²) < 4.78 is 0. The quantitative estimate of drug-likeness (QED) is 0.740. The molecule has 0 bridgehead atoms. The lowest BCUT2D eigenvalue weighted by atomic mass is 10.1. The van der Waals surface area contributed by atoms with Gasteiger partial charge < -0.3 is 15.3 Å². The Balaban J connectivity index is 4.27. The number of carboxylic acids is 1. The third-order valence-electron chi connectivity index (χ3n) is 2.61. The Bertz CT molecular complexity index is 241. The molecule has 0 spiro atoms. The number of urea groups is 1. The zero-order valence-electron chi connectivity index (χ0n) is 9.94. The molecule has 0 aromatic rings. The number of carboxylic acid groups (broad SMARTS) is 1. The van der Waals surface area contributed by atoms with Crippen LogP contribution in [0.3, 0.4) is 0 Å². The first-order valence-electron chi connectivity index (χ1n) is 5.03. The predicted molar refractivity (Wildman–Crippen MR) is 57.7 cm³/mol. The molecule has 0 heterocycles. The van der Waals surface area contributed by atoms with E-state index in [1.165, 1.54) is 18.9 Å². The molecule has 0 radical (unpaired) electrons. The Hall–Kier alpha value is -1.26. The first-order chi connectivity index (χ1) is 6.77. The topological polar surface area (TPSA) is 69.6 Å². The summed E-state index contributed by atoms with van der Waals surface area (Å²) in [5, 5.41) is 11.5. The molecule has 5 heteroatoms. The minimum Gasteiger partial charge on any atom is -0.480 e. The summed E-state index contributed by atoms with van der Waals surface area (Å²) >= 11 is 0. The average molecular weight is 216 g/mol. The van der Waals surface area contributed by atoms with E-state index >= 15 is 0 Å². The molecule has 88 valence electrons. The number of nitrogens with one attached hydrogen (secondary N) is 1. The highest BCUT2D eigenvalue weighted by Gasteiger charge is 2.22. The van der Waals surface area contributed by atoms with Gasteiger partial charge in [-0.05, 0) is 19.8 Å². The van der Waals surface area contributed by atoms with Crippen molar-refractivity contribution in [3.05, 3.63) is 0 Å². The monoisotopic (exact) mass is 216 g/mol. The van der Waals surface area contributed by atoms with E-state index < -0.39 is 12.0 Å². The van der Waals surface area contributed by atoms with Gasteiger partial charge >= 0.3 is 12.0 Å². The third kappa shape index (κ3) is 4.18. The normalized spacial score (nSPS) is 14.5. The Kier molecular flexibility index (Phi) is 5.11. The molecule has 2 unspecified atom stereocenters. The summed E-state index contributed by atoms with van der Waals surface area (Å²) in [6, 6.07) is -1.14. The number of amides is 2. The van der Waals surface area contributed by atoms with E-state index in [2.05, 4.69) is 5.32 Å². The maximum absolute atomic E-state index is 11.6. The summed E-state index contributed by atoms with van der Waals surface area (Å²) in [5.41, 5.74) is 0. The molecule has 2 amide bonds. The highest BCUT2D eigenvalue weighted by atomic mass is 16.4. The lowest BCUT2D eigenvalue weighted by molar-refractivity contribution is -0.141. The van der Waals surface area contributed by atoms with Crippen LogP contribution in [0.5, 0.6) is 0 Å². The first-order valence-corrected chi connectivity index (χ1v) is 5.03. The fraction of sp³-hybridized carbons (Fsp3) is 0.800. The van der Waals surface area contributed by atoms with Crippen molar-refractivity contribution in [1.29, 1.82) is 0 Å². The Morgan fingerprint density at radius 2 is 1.67 bits per heavy atom. The van der Waals surface area contributed by atoms with Crippen molar-refractivity contribution < 1.29 is 14.7 Å². The van der Waals surface area contributed by atoms with E-state index in [0.29, 0.717) is 5.92 Å². The number of nitrogens with zero attached hydrogens (tertiary/aromatic N) is 1. The lowest BCUT2D eigenvalue weighted by Crippen LogP contribution is -2.49. The molecule has 15 heavy (non-hydrogen) atoms. The van der Waals surface area contributed by atoms with Crippen molar-refractivity contribution in [3.63, 3.8) is 0 Å². The molecular weight excluding hydrogens is 196 g/mol. The summed E-state index contributed by atoms with van der Waals surface area (Å²) in [5.74, 6) is -0.688. The van der Waals surface area contributed by atoms with Crippen molar-refractivity contribution in [2.45, 2.75) is 39.8 Å². The van der Waals surface area contributed by atoms with Crippen LogP contribution in [-0.2, 0) is 4.79 Å². The number of carbonyl (C=O) groups is 2. The number of carbonyl (C=O) groups excluding carboxylic acids is 1. The van der Waals surface area contributed by atoms with Crippen LogP contribution in [0.2, 0.25) is 0 Å². The van der Waals surface area contributed by atoms with Gasteiger partial charge in [-0.3, -0.25) is 0 Å². The highest BCUT2D eigenvalue weighted by molar-refractivity contribution is 5.82. The largest absolute Gasteiger partial charge is 0.480 e. The van der Waals surface area contributed by atoms with Gasteiger partial charge in [0.1, 0.15) is 6.04 Å². The zero-order chi connectivity index (χ0) is 12.2. The number of likely N-dealkylation sites (N-methyl/N-ethyl adjacent to an activating group) is 1. The van der Waals surface area contributed by atoms with E-state index in [-0.39, 0.29) is 12.1 Å². The number of hydrogen-bond donors (Lipinski definition) is 2. The molecule has 0 saturated carbocycles. The van der Waals surface area contributed by atoms with Crippen LogP contribution in [0.1, 0.15) is 27.7 Å². The van der Waals surface area contributed by atoms with E-state index in [9.17, 15) is 9.59 Å². The molecule has 0 aromatic carbocycles. The Morgan fingerprint density at radius 1 is 1.20 bits per heavy atom. The molecule has 0 aliphatic heterocycles. The smallest absolute Gasteiger partial charge is 0.326 e. The minimum atomic E-state index is -1.01. The van der Waals surface area contributed by atoms with Crippen LogP contribution in [0.4, 0.5) is 4.79 Å². The van der Waals surface area contributed by atoms with Crippen LogP contribution in [-0.4, -0.2) is 41.1 Å². The molecule has 0 aliphatic carbocycles. The SMILES string of the molecule is CC(C)C(C)NC(=O)N(C)C(C)C(=O)O. The second-order valence-electron chi connectivity index (χ2n) is 4.11. The molecule has 2 atom stereocenters. The third-order valence-corrected chi connectivity index (χ3v) is 2.61. The van der Waals surface area contributed by atoms with Gasteiger partial charge in [-0.15, -0.1) is 0 Å². The van der Waals surface area contributed by atoms with Crippen molar-refractivity contribution in [1.82, 2.24) is 10.2 Å². The lowest BCUT2D eigenvalue weighted by Gasteiger charge is -2.25. The van der Waals surface area contributed by atoms with Gasteiger partial charge in [0.25, 0.3) is 0 Å². The molecule has 0 fully saturated rings. The van der Waals surface area contributed by atoms with E-state index in [4.69, 9.17) is 5.11 Å². The van der Waals surface area contributed by atoms with Gasteiger partial charge in [0, 0.05) is 13.1 Å². The number of aliphatic carboxylic acids is 1. The second kappa shape index (κ2) is 5.58. The summed E-state index contributed by atoms with van der Waals surface area (Å²) in [6.07, 6.45) is 0. The Labute approximate surface area is 90.5 Å². The van der Waals surface area contributed by atoms with Crippen molar-refractivity contribution in [2.24, 2.45) is 5.92 Å². The fourth-order valence-corrected chi connectivity index (χ4v) is 0.805. The van der Waals surface area contributed by atoms with Crippen LogP contribution < -0.4 is 5.32 Å². The molecule has 0 saturated heterocycles. The summed E-state index contributed by atoms with van der Waals surface area (Å²) in [7, 11) is 1.47. The van der Waals surface area contributed by atoms with Crippen LogP contribution in [0, 0.1) is 5.92 Å². The second-order valence-corrected chi connectivity index (χ2v) is 4.11. The molecule has 2 N–H and O–H groups in total. The van der Waals surface area contributed by atoms with Crippen LogP contribution >= 0.6 is 0 Å². The maximum atomic E-state index is 11.6. The number of rotatable bonds is 4. The number of hydrogen-bond acceptors (Lipinski definition) is 2. The van der Waals surface area contributed by atoms with E-state index in [1.807, 2.05) is 20.8 Å². The standard InChI is InChI=1S/C10H20N2O3/c1-6(2)7(3)11-10(15)12(5)8(4)9(13)14/h6-8H,1-5H3,(H,11,15)(H,13,14). The van der Waals surface area contributed by atoms with E-state index in [0.717, 1.165) is 0 Å². The van der Waals surface area contributed by atoms with Crippen LogP contribution in [0.15, 0.2) is 0 Å².